The SMILES string of the molecule is CCOCCCn1ncc(CNC)c1C. The molecule has 0 unspecified atom stereocenters. The number of nitrogens with zero attached hydrogens (tertiary/aromatic N) is 2. The smallest absolute Gasteiger partial charge is 0.0537 e. The van der Waals surface area contributed by atoms with E-state index in [1.165, 1.54) is 11.3 Å². The van der Waals surface area contributed by atoms with Crippen LogP contribution in [0.5, 0.6) is 0 Å². The molecule has 4 nitrogen and oxygen atoms in total. The molecule has 0 atom stereocenters. The van der Waals surface area contributed by atoms with Crippen molar-refractivity contribution in [2.75, 3.05) is 20.3 Å². The van der Waals surface area contributed by atoms with E-state index in [1.54, 1.807) is 0 Å². The number of aromatic nitrogens is 2. The number of nitrogens with one attached hydrogen (secondary N) is 1. The second-order valence-corrected chi connectivity index (χ2v) is 3.56. The summed E-state index contributed by atoms with van der Waals surface area (Å²) in [7, 11) is 1.95. The van der Waals surface area contributed by atoms with Gasteiger partial charge < -0.3 is 10.1 Å². The van der Waals surface area contributed by atoms with Crippen molar-refractivity contribution >= 4 is 0 Å². The van der Waals surface area contributed by atoms with Gasteiger partial charge in [0, 0.05) is 37.6 Å². The van der Waals surface area contributed by atoms with Gasteiger partial charge in [-0.2, -0.15) is 5.10 Å². The fourth-order valence-electron chi connectivity index (χ4n) is 1.54. The molecule has 86 valence electrons. The Morgan fingerprint density at radius 2 is 2.33 bits per heavy atom. The van der Waals surface area contributed by atoms with Crippen molar-refractivity contribution in [1.29, 1.82) is 0 Å². The summed E-state index contributed by atoms with van der Waals surface area (Å²) in [6, 6.07) is 0. The van der Waals surface area contributed by atoms with Crippen molar-refractivity contribution < 1.29 is 4.74 Å². The summed E-state index contributed by atoms with van der Waals surface area (Å²) in [6.07, 6.45) is 2.96. The molecule has 1 aromatic rings. The zero-order chi connectivity index (χ0) is 11.1. The zero-order valence-electron chi connectivity index (χ0n) is 9.92. The minimum absolute atomic E-state index is 0.795. The molecule has 1 heterocycles. The van der Waals surface area contributed by atoms with Crippen molar-refractivity contribution in [1.82, 2.24) is 15.1 Å². The maximum Gasteiger partial charge on any atom is 0.0537 e. The van der Waals surface area contributed by atoms with Gasteiger partial charge in [0.25, 0.3) is 0 Å². The second kappa shape index (κ2) is 6.58. The highest BCUT2D eigenvalue weighted by Crippen LogP contribution is 2.07. The number of ether oxygens (including phenoxy) is 1. The molecule has 0 saturated heterocycles. The zero-order valence-corrected chi connectivity index (χ0v) is 9.92. The van der Waals surface area contributed by atoms with Crippen LogP contribution in [0.25, 0.3) is 0 Å². The Morgan fingerprint density at radius 1 is 1.53 bits per heavy atom. The highest BCUT2D eigenvalue weighted by molar-refractivity contribution is 5.15. The van der Waals surface area contributed by atoms with Crippen LogP contribution >= 0.6 is 0 Å². The Kier molecular flexibility index (Phi) is 5.36. The summed E-state index contributed by atoms with van der Waals surface area (Å²) >= 11 is 0. The number of aryl methyl sites for hydroxylation is 1. The Hall–Kier alpha value is -0.870. The van der Waals surface area contributed by atoms with Crippen LogP contribution in [0, 0.1) is 6.92 Å². The summed E-state index contributed by atoms with van der Waals surface area (Å²) in [6.45, 7) is 7.57. The van der Waals surface area contributed by atoms with Crippen LogP contribution < -0.4 is 5.32 Å². The Balaban J connectivity index is 2.40. The van der Waals surface area contributed by atoms with Gasteiger partial charge in [-0.05, 0) is 27.3 Å². The predicted molar refractivity (Wildman–Crippen MR) is 60.8 cm³/mol. The molecule has 0 radical (unpaired) electrons. The van der Waals surface area contributed by atoms with Gasteiger partial charge in [-0.3, -0.25) is 4.68 Å². The average molecular weight is 211 g/mol. The van der Waals surface area contributed by atoms with Gasteiger partial charge in [-0.15, -0.1) is 0 Å². The summed E-state index contributed by atoms with van der Waals surface area (Å²) in [4.78, 5) is 0. The third-order valence-electron chi connectivity index (χ3n) is 2.43. The summed E-state index contributed by atoms with van der Waals surface area (Å²) in [5.74, 6) is 0. The summed E-state index contributed by atoms with van der Waals surface area (Å²) in [5.41, 5.74) is 2.52. The Bertz CT molecular complexity index is 283. The molecule has 0 aliphatic carbocycles. The first-order valence-corrected chi connectivity index (χ1v) is 5.53. The van der Waals surface area contributed by atoms with Crippen LogP contribution in [0.4, 0.5) is 0 Å². The third kappa shape index (κ3) is 3.64. The van der Waals surface area contributed by atoms with Crippen LogP contribution in [-0.4, -0.2) is 30.0 Å². The fraction of sp³-hybridized carbons (Fsp3) is 0.727. The molecule has 1 rings (SSSR count). The van der Waals surface area contributed by atoms with Crippen LogP contribution in [0.2, 0.25) is 0 Å². The van der Waals surface area contributed by atoms with Gasteiger partial charge in [-0.1, -0.05) is 0 Å². The Morgan fingerprint density at radius 3 is 3.00 bits per heavy atom. The average Bonchev–Trinajstić information content (AvgIpc) is 2.57. The maximum atomic E-state index is 5.30. The molecule has 0 fully saturated rings. The molecule has 4 heteroatoms. The van der Waals surface area contributed by atoms with Gasteiger partial charge in [0.1, 0.15) is 0 Å². The summed E-state index contributed by atoms with van der Waals surface area (Å²) < 4.78 is 7.34. The standard InChI is InChI=1S/C11H21N3O/c1-4-15-7-5-6-14-10(2)11(8-12-3)9-13-14/h9,12H,4-8H2,1-3H3. The molecule has 1 aromatic heterocycles. The van der Waals surface area contributed by atoms with E-state index in [0.29, 0.717) is 0 Å². The molecule has 0 amide bonds. The molecule has 0 bridgehead atoms. The van der Waals surface area contributed by atoms with Crippen LogP contribution in [0.3, 0.4) is 0 Å². The van der Waals surface area contributed by atoms with E-state index in [1.807, 2.05) is 24.9 Å². The quantitative estimate of drug-likeness (QED) is 0.692. The van der Waals surface area contributed by atoms with Crippen LogP contribution in [0.15, 0.2) is 6.20 Å². The number of hydrogen-bond acceptors (Lipinski definition) is 3. The van der Waals surface area contributed by atoms with E-state index in [0.717, 1.165) is 32.7 Å². The van der Waals surface area contributed by atoms with Gasteiger partial charge in [0.2, 0.25) is 0 Å². The lowest BCUT2D eigenvalue weighted by atomic mass is 10.2. The van der Waals surface area contributed by atoms with Gasteiger partial charge in [0.05, 0.1) is 6.20 Å². The number of rotatable bonds is 7. The molecule has 0 spiro atoms. The topological polar surface area (TPSA) is 39.1 Å². The predicted octanol–water partition coefficient (Wildman–Crippen LogP) is 1.34. The monoisotopic (exact) mass is 211 g/mol. The van der Waals surface area contributed by atoms with Crippen molar-refractivity contribution in [3.8, 4) is 0 Å². The lowest BCUT2D eigenvalue weighted by molar-refractivity contribution is 0.140. The van der Waals surface area contributed by atoms with Crippen LogP contribution in [-0.2, 0) is 17.8 Å². The molecular formula is C11H21N3O. The first kappa shape index (κ1) is 12.2. The van der Waals surface area contributed by atoms with Gasteiger partial charge in [0.15, 0.2) is 0 Å². The first-order chi connectivity index (χ1) is 7.29. The van der Waals surface area contributed by atoms with Crippen molar-refractivity contribution in [3.05, 3.63) is 17.5 Å². The lowest BCUT2D eigenvalue weighted by Gasteiger charge is -2.05. The third-order valence-corrected chi connectivity index (χ3v) is 2.43. The minimum Gasteiger partial charge on any atom is -0.382 e. The van der Waals surface area contributed by atoms with Crippen molar-refractivity contribution in [2.45, 2.75) is 33.4 Å². The second-order valence-electron chi connectivity index (χ2n) is 3.56. The summed E-state index contributed by atoms with van der Waals surface area (Å²) in [5, 5.41) is 7.49. The van der Waals surface area contributed by atoms with Gasteiger partial charge in [-0.25, -0.2) is 0 Å². The first-order valence-electron chi connectivity index (χ1n) is 5.53. The molecule has 0 aliphatic rings. The molecule has 0 aromatic carbocycles. The fourth-order valence-corrected chi connectivity index (χ4v) is 1.54. The molecule has 15 heavy (non-hydrogen) atoms. The van der Waals surface area contributed by atoms with E-state index < -0.39 is 0 Å². The molecule has 0 aliphatic heterocycles. The van der Waals surface area contributed by atoms with Crippen LogP contribution in [0.1, 0.15) is 24.6 Å². The molecular weight excluding hydrogens is 190 g/mol. The molecule has 0 saturated carbocycles. The highest BCUT2D eigenvalue weighted by atomic mass is 16.5. The van der Waals surface area contributed by atoms with E-state index in [9.17, 15) is 0 Å². The maximum absolute atomic E-state index is 5.30. The van der Waals surface area contributed by atoms with E-state index in [4.69, 9.17) is 4.74 Å². The van der Waals surface area contributed by atoms with Crippen molar-refractivity contribution in [2.24, 2.45) is 0 Å². The highest BCUT2D eigenvalue weighted by Gasteiger charge is 2.04. The minimum atomic E-state index is 0.795. The normalized spacial score (nSPS) is 10.9. The lowest BCUT2D eigenvalue weighted by Crippen LogP contribution is -2.08. The Labute approximate surface area is 91.6 Å². The van der Waals surface area contributed by atoms with E-state index >= 15 is 0 Å². The molecule has 1 N–H and O–H groups in total. The van der Waals surface area contributed by atoms with Gasteiger partial charge >= 0.3 is 0 Å². The van der Waals surface area contributed by atoms with Crippen molar-refractivity contribution in [3.63, 3.8) is 0 Å². The van der Waals surface area contributed by atoms with E-state index in [2.05, 4.69) is 17.3 Å². The number of hydrogen-bond donors (Lipinski definition) is 1. The van der Waals surface area contributed by atoms with E-state index in [-0.39, 0.29) is 0 Å². The largest absolute Gasteiger partial charge is 0.382 e.